The van der Waals surface area contributed by atoms with Crippen molar-refractivity contribution in [3.8, 4) is 5.75 Å². The Hall–Kier alpha value is -1.10. The van der Waals surface area contributed by atoms with Crippen LogP contribution in [-0.2, 0) is 11.2 Å². The van der Waals surface area contributed by atoms with E-state index in [2.05, 4.69) is 19.1 Å². The lowest BCUT2D eigenvalue weighted by Gasteiger charge is -2.10. The monoisotopic (exact) mass is 352 g/mol. The second kappa shape index (κ2) is 15.2. The van der Waals surface area contributed by atoms with Crippen molar-refractivity contribution in [3.05, 3.63) is 29.8 Å². The molecule has 1 aromatic carbocycles. The molecule has 0 heterocycles. The summed E-state index contributed by atoms with van der Waals surface area (Å²) < 4.78 is 10.8. The molecule has 0 aliphatic heterocycles. The maximum atomic E-state index is 9.14. The summed E-state index contributed by atoms with van der Waals surface area (Å²) in [5.41, 5.74) is 1.36. The second-order valence-corrected chi connectivity index (χ2v) is 6.63. The average molecular weight is 353 g/mol. The number of benzene rings is 1. The van der Waals surface area contributed by atoms with Crippen molar-refractivity contribution in [2.24, 2.45) is 0 Å². The van der Waals surface area contributed by atoms with Gasteiger partial charge >= 0.3 is 0 Å². The van der Waals surface area contributed by atoms with Gasteiger partial charge in [0.2, 0.25) is 0 Å². The molecule has 4 nitrogen and oxygen atoms in total. The van der Waals surface area contributed by atoms with Crippen LogP contribution in [-0.4, -0.2) is 42.7 Å². The van der Waals surface area contributed by atoms with E-state index in [-0.39, 0.29) is 13.2 Å². The molecule has 1 unspecified atom stereocenters. The first-order valence-electron chi connectivity index (χ1n) is 9.84. The lowest BCUT2D eigenvalue weighted by atomic mass is 10.0. The number of aryl methyl sites for hydroxylation is 1. The molecule has 0 radical (unpaired) electrons. The summed E-state index contributed by atoms with van der Waals surface area (Å²) in [6.07, 6.45) is 11.1. The van der Waals surface area contributed by atoms with Crippen LogP contribution in [0.4, 0.5) is 0 Å². The van der Waals surface area contributed by atoms with Gasteiger partial charge in [-0.25, -0.2) is 0 Å². The first-order chi connectivity index (χ1) is 12.3. The lowest BCUT2D eigenvalue weighted by Crippen LogP contribution is -2.21. The fraction of sp³-hybridized carbons (Fsp3) is 0.714. The topological polar surface area (TPSA) is 58.9 Å². The largest absolute Gasteiger partial charge is 0.491 e. The predicted molar refractivity (Wildman–Crippen MR) is 102 cm³/mol. The highest BCUT2D eigenvalue weighted by Crippen LogP contribution is 2.15. The fourth-order valence-corrected chi connectivity index (χ4v) is 2.71. The van der Waals surface area contributed by atoms with Gasteiger partial charge in [0.05, 0.1) is 19.8 Å². The lowest BCUT2D eigenvalue weighted by molar-refractivity contribution is -0.00138. The van der Waals surface area contributed by atoms with E-state index in [1.54, 1.807) is 0 Å². The van der Waals surface area contributed by atoms with E-state index in [9.17, 15) is 0 Å². The van der Waals surface area contributed by atoms with Crippen LogP contribution in [0.2, 0.25) is 0 Å². The van der Waals surface area contributed by atoms with Gasteiger partial charge in [-0.15, -0.1) is 0 Å². The van der Waals surface area contributed by atoms with Crippen molar-refractivity contribution in [3.63, 3.8) is 0 Å². The van der Waals surface area contributed by atoms with Crippen LogP contribution < -0.4 is 4.74 Å². The molecule has 0 bridgehead atoms. The second-order valence-electron chi connectivity index (χ2n) is 6.63. The van der Waals surface area contributed by atoms with Crippen LogP contribution in [0.1, 0.15) is 63.9 Å². The van der Waals surface area contributed by atoms with E-state index in [1.165, 1.54) is 56.9 Å². The highest BCUT2D eigenvalue weighted by Gasteiger charge is 2.01. The molecule has 0 saturated carbocycles. The molecular formula is C21H36O4. The standard InChI is InChI=1S/C21H36O4/c1-2-3-4-5-6-7-8-9-10-19-11-13-21(14-12-19)25-16-15-24-18-20(23)17-22/h11-14,20,22-23H,2-10,15-18H2,1H3. The minimum Gasteiger partial charge on any atom is -0.491 e. The Kier molecular flexibility index (Phi) is 13.3. The summed E-state index contributed by atoms with van der Waals surface area (Å²) in [5.74, 6) is 0.839. The number of aliphatic hydroxyl groups excluding tert-OH is 2. The zero-order chi connectivity index (χ0) is 18.2. The van der Waals surface area contributed by atoms with Gasteiger partial charge in [-0.1, -0.05) is 64.0 Å². The van der Waals surface area contributed by atoms with Gasteiger partial charge in [0.15, 0.2) is 0 Å². The Bertz CT molecular complexity index is 405. The molecule has 0 aliphatic rings. The first-order valence-corrected chi connectivity index (χ1v) is 9.84. The van der Waals surface area contributed by atoms with Crippen LogP contribution in [0.5, 0.6) is 5.75 Å². The summed E-state index contributed by atoms with van der Waals surface area (Å²) >= 11 is 0. The van der Waals surface area contributed by atoms with Crippen molar-refractivity contribution in [1.82, 2.24) is 0 Å². The Morgan fingerprint density at radius 1 is 0.880 bits per heavy atom. The van der Waals surface area contributed by atoms with Crippen molar-refractivity contribution < 1.29 is 19.7 Å². The average Bonchev–Trinajstić information content (AvgIpc) is 2.64. The smallest absolute Gasteiger partial charge is 0.119 e. The number of hydrogen-bond donors (Lipinski definition) is 2. The van der Waals surface area contributed by atoms with Crippen LogP contribution in [0.25, 0.3) is 0 Å². The Balaban J connectivity index is 2.03. The van der Waals surface area contributed by atoms with Gasteiger partial charge in [0.1, 0.15) is 18.5 Å². The summed E-state index contributed by atoms with van der Waals surface area (Å²) in [6, 6.07) is 8.27. The molecule has 0 saturated heterocycles. The normalized spacial score (nSPS) is 12.3. The summed E-state index contributed by atoms with van der Waals surface area (Å²) in [7, 11) is 0. The van der Waals surface area contributed by atoms with Gasteiger partial charge in [0.25, 0.3) is 0 Å². The Morgan fingerprint density at radius 2 is 1.52 bits per heavy atom. The number of aliphatic hydroxyl groups is 2. The van der Waals surface area contributed by atoms with Gasteiger partial charge < -0.3 is 19.7 Å². The third kappa shape index (κ3) is 12.0. The summed E-state index contributed by atoms with van der Waals surface area (Å²) in [5, 5.41) is 17.8. The Morgan fingerprint density at radius 3 is 2.16 bits per heavy atom. The van der Waals surface area contributed by atoms with Crippen molar-refractivity contribution in [1.29, 1.82) is 0 Å². The van der Waals surface area contributed by atoms with E-state index in [1.807, 2.05) is 12.1 Å². The summed E-state index contributed by atoms with van der Waals surface area (Å²) in [6.45, 7) is 2.96. The molecule has 0 aliphatic carbocycles. The highest BCUT2D eigenvalue weighted by molar-refractivity contribution is 5.27. The minimum atomic E-state index is -0.810. The molecule has 0 aromatic heterocycles. The molecular weight excluding hydrogens is 316 g/mol. The molecule has 4 heteroatoms. The van der Waals surface area contributed by atoms with E-state index in [0.29, 0.717) is 13.2 Å². The molecule has 0 amide bonds. The zero-order valence-corrected chi connectivity index (χ0v) is 15.8. The quantitative estimate of drug-likeness (QED) is 0.439. The molecule has 1 rings (SSSR count). The van der Waals surface area contributed by atoms with Gasteiger partial charge in [-0.05, 0) is 30.5 Å². The minimum absolute atomic E-state index is 0.136. The molecule has 1 aromatic rings. The van der Waals surface area contributed by atoms with E-state index >= 15 is 0 Å². The van der Waals surface area contributed by atoms with Crippen LogP contribution in [0, 0.1) is 0 Å². The molecule has 0 spiro atoms. The van der Waals surface area contributed by atoms with E-state index in [0.717, 1.165) is 12.2 Å². The van der Waals surface area contributed by atoms with Gasteiger partial charge in [-0.3, -0.25) is 0 Å². The van der Waals surface area contributed by atoms with Crippen LogP contribution in [0.15, 0.2) is 24.3 Å². The van der Waals surface area contributed by atoms with E-state index < -0.39 is 6.10 Å². The van der Waals surface area contributed by atoms with Crippen LogP contribution >= 0.6 is 0 Å². The number of unbranched alkanes of at least 4 members (excludes halogenated alkanes) is 7. The number of ether oxygens (including phenoxy) is 2. The number of rotatable bonds is 16. The Labute approximate surface area is 153 Å². The number of hydrogen-bond acceptors (Lipinski definition) is 4. The van der Waals surface area contributed by atoms with Crippen molar-refractivity contribution in [2.75, 3.05) is 26.4 Å². The zero-order valence-electron chi connectivity index (χ0n) is 15.8. The third-order valence-electron chi connectivity index (χ3n) is 4.26. The van der Waals surface area contributed by atoms with Crippen LogP contribution in [0.3, 0.4) is 0 Å². The summed E-state index contributed by atoms with van der Waals surface area (Å²) in [4.78, 5) is 0. The van der Waals surface area contributed by atoms with Gasteiger partial charge in [0, 0.05) is 0 Å². The molecule has 25 heavy (non-hydrogen) atoms. The predicted octanol–water partition coefficient (Wildman–Crippen LogP) is 4.12. The molecule has 1 atom stereocenters. The molecule has 144 valence electrons. The van der Waals surface area contributed by atoms with Crippen molar-refractivity contribution in [2.45, 2.75) is 70.8 Å². The first kappa shape index (κ1) is 21.9. The maximum Gasteiger partial charge on any atom is 0.119 e. The molecule has 2 N–H and O–H groups in total. The highest BCUT2D eigenvalue weighted by atomic mass is 16.5. The van der Waals surface area contributed by atoms with Gasteiger partial charge in [-0.2, -0.15) is 0 Å². The third-order valence-corrected chi connectivity index (χ3v) is 4.26. The fourth-order valence-electron chi connectivity index (χ4n) is 2.71. The van der Waals surface area contributed by atoms with E-state index in [4.69, 9.17) is 19.7 Å². The molecule has 0 fully saturated rings. The maximum absolute atomic E-state index is 9.14. The SMILES string of the molecule is CCCCCCCCCCc1ccc(OCCOCC(O)CO)cc1. The van der Waals surface area contributed by atoms with Crippen molar-refractivity contribution >= 4 is 0 Å².